The molecule has 2 aromatic carbocycles. The average molecular weight is 466 g/mol. The number of nitrogens with one attached hydrogen (secondary N) is 2. The minimum Gasteiger partial charge on any atom is -0.326 e. The highest BCUT2D eigenvalue weighted by atomic mass is 35.5. The monoisotopic (exact) mass is 465 g/mol. The fourth-order valence-electron chi connectivity index (χ4n) is 3.78. The van der Waals surface area contributed by atoms with Gasteiger partial charge in [0.1, 0.15) is 10.7 Å². The minimum atomic E-state index is -3.85. The van der Waals surface area contributed by atoms with Gasteiger partial charge in [-0.2, -0.15) is 4.31 Å². The molecular weight excluding hydrogens is 445 g/mol. The van der Waals surface area contributed by atoms with Crippen LogP contribution in [0.25, 0.3) is 0 Å². The summed E-state index contributed by atoms with van der Waals surface area (Å²) >= 11 is 6.15. The number of anilines is 2. The lowest BCUT2D eigenvalue weighted by Crippen LogP contribution is -2.35. The molecule has 0 bridgehead atoms. The van der Waals surface area contributed by atoms with Crippen LogP contribution in [-0.4, -0.2) is 37.6 Å². The smallest absolute Gasteiger partial charge is 0.255 e. The maximum absolute atomic E-state index is 14.5. The minimum absolute atomic E-state index is 0.0183. The number of benzene rings is 2. The molecule has 2 amide bonds. The van der Waals surface area contributed by atoms with E-state index in [-0.39, 0.29) is 33.5 Å². The topological polar surface area (TPSA) is 95.6 Å². The first-order valence-electron chi connectivity index (χ1n) is 9.99. The zero-order chi connectivity index (χ0) is 22.2. The standard InChI is InChI=1S/C21H21ClFN3O4S/c22-15-6-4-14(11-19(15)31(29,30)26-8-2-1-3-9-26)21(28)25-18-12-17-13(10-16(18)23)5-7-20(27)24-17/h4,6,10-12H,1-3,5,7-9H2,(H,24,27)(H,25,28). The number of rotatable bonds is 4. The third kappa shape index (κ3) is 4.44. The summed E-state index contributed by atoms with van der Waals surface area (Å²) in [5, 5.41) is 5.12. The molecule has 0 aliphatic carbocycles. The van der Waals surface area contributed by atoms with Crippen LogP contribution < -0.4 is 10.6 Å². The Hall–Kier alpha value is -2.49. The number of piperidine rings is 1. The van der Waals surface area contributed by atoms with E-state index in [9.17, 15) is 22.4 Å². The summed E-state index contributed by atoms with van der Waals surface area (Å²) in [6.45, 7) is 0.808. The molecule has 2 N–H and O–H groups in total. The number of carbonyl (C=O) groups is 2. The van der Waals surface area contributed by atoms with Gasteiger partial charge in [-0.15, -0.1) is 0 Å². The van der Waals surface area contributed by atoms with Gasteiger partial charge in [-0.3, -0.25) is 9.59 Å². The van der Waals surface area contributed by atoms with Crippen LogP contribution in [0.4, 0.5) is 15.8 Å². The molecule has 0 aromatic heterocycles. The number of nitrogens with zero attached hydrogens (tertiary/aromatic N) is 1. The molecular formula is C21H21ClFN3O4S. The lowest BCUT2D eigenvalue weighted by Gasteiger charge is -2.26. The van der Waals surface area contributed by atoms with Crippen molar-refractivity contribution in [2.75, 3.05) is 23.7 Å². The summed E-state index contributed by atoms with van der Waals surface area (Å²) in [6.07, 6.45) is 3.20. The Morgan fingerprint density at radius 3 is 2.58 bits per heavy atom. The maximum Gasteiger partial charge on any atom is 0.255 e. The van der Waals surface area contributed by atoms with Crippen molar-refractivity contribution in [2.24, 2.45) is 0 Å². The Balaban J connectivity index is 1.61. The van der Waals surface area contributed by atoms with Crippen LogP contribution in [0.5, 0.6) is 0 Å². The number of fused-ring (bicyclic) bond motifs is 1. The van der Waals surface area contributed by atoms with Crippen LogP contribution in [0, 0.1) is 5.82 Å². The largest absolute Gasteiger partial charge is 0.326 e. The summed E-state index contributed by atoms with van der Waals surface area (Å²) in [6, 6.07) is 6.57. The van der Waals surface area contributed by atoms with E-state index in [1.807, 2.05) is 0 Å². The molecule has 1 saturated heterocycles. The second kappa shape index (κ2) is 8.57. The number of halogens is 2. The zero-order valence-corrected chi connectivity index (χ0v) is 18.2. The SMILES string of the molecule is O=C1CCc2cc(F)c(NC(=O)c3ccc(Cl)c(S(=O)(=O)N4CCCCC4)c3)cc2N1. The Bertz CT molecular complexity index is 1160. The third-order valence-corrected chi connectivity index (χ3v) is 7.84. The first-order chi connectivity index (χ1) is 14.8. The Morgan fingerprint density at radius 1 is 1.10 bits per heavy atom. The van der Waals surface area contributed by atoms with Crippen LogP contribution >= 0.6 is 11.6 Å². The van der Waals surface area contributed by atoms with E-state index in [0.717, 1.165) is 19.3 Å². The number of carbonyl (C=O) groups excluding carboxylic acids is 2. The highest BCUT2D eigenvalue weighted by Crippen LogP contribution is 2.30. The van der Waals surface area contributed by atoms with Crippen molar-refractivity contribution in [3.05, 3.63) is 52.3 Å². The van der Waals surface area contributed by atoms with Gasteiger partial charge in [0.05, 0.1) is 10.7 Å². The van der Waals surface area contributed by atoms with E-state index in [0.29, 0.717) is 30.8 Å². The quantitative estimate of drug-likeness (QED) is 0.718. The molecule has 0 atom stereocenters. The number of aryl methyl sites for hydroxylation is 1. The molecule has 2 aliphatic rings. The van der Waals surface area contributed by atoms with Crippen molar-refractivity contribution in [2.45, 2.75) is 37.0 Å². The number of sulfonamides is 1. The van der Waals surface area contributed by atoms with Crippen LogP contribution in [0.3, 0.4) is 0 Å². The van der Waals surface area contributed by atoms with Crippen LogP contribution in [-0.2, 0) is 21.2 Å². The van der Waals surface area contributed by atoms with Crippen molar-refractivity contribution in [1.29, 1.82) is 0 Å². The molecule has 2 aliphatic heterocycles. The van der Waals surface area contributed by atoms with Crippen LogP contribution in [0.15, 0.2) is 35.2 Å². The fraction of sp³-hybridized carbons (Fsp3) is 0.333. The van der Waals surface area contributed by atoms with Crippen molar-refractivity contribution in [1.82, 2.24) is 4.31 Å². The highest BCUT2D eigenvalue weighted by molar-refractivity contribution is 7.89. The molecule has 7 nitrogen and oxygen atoms in total. The van der Waals surface area contributed by atoms with Gasteiger partial charge >= 0.3 is 0 Å². The summed E-state index contributed by atoms with van der Waals surface area (Å²) in [7, 11) is -3.85. The highest BCUT2D eigenvalue weighted by Gasteiger charge is 2.29. The molecule has 0 saturated carbocycles. The van der Waals surface area contributed by atoms with Gasteiger partial charge < -0.3 is 10.6 Å². The van der Waals surface area contributed by atoms with Gasteiger partial charge in [0.15, 0.2) is 0 Å². The van der Waals surface area contributed by atoms with Crippen molar-refractivity contribution < 1.29 is 22.4 Å². The van der Waals surface area contributed by atoms with E-state index in [1.54, 1.807) is 0 Å². The normalized spacial score (nSPS) is 17.0. The Morgan fingerprint density at radius 2 is 1.84 bits per heavy atom. The number of hydrogen-bond acceptors (Lipinski definition) is 4. The maximum atomic E-state index is 14.5. The molecule has 164 valence electrons. The van der Waals surface area contributed by atoms with Gasteiger partial charge in [0, 0.05) is 30.8 Å². The Labute approximate surface area is 184 Å². The molecule has 4 rings (SSSR count). The molecule has 0 radical (unpaired) electrons. The molecule has 1 fully saturated rings. The second-order valence-corrected chi connectivity index (χ2v) is 9.92. The zero-order valence-electron chi connectivity index (χ0n) is 16.6. The summed E-state index contributed by atoms with van der Waals surface area (Å²) in [5.74, 6) is -1.51. The summed E-state index contributed by atoms with van der Waals surface area (Å²) in [4.78, 5) is 24.2. The average Bonchev–Trinajstić information content (AvgIpc) is 2.75. The van der Waals surface area contributed by atoms with Gasteiger partial charge in [0.2, 0.25) is 15.9 Å². The second-order valence-electron chi connectivity index (χ2n) is 7.60. The van der Waals surface area contributed by atoms with Crippen molar-refractivity contribution >= 4 is 44.8 Å². The van der Waals surface area contributed by atoms with Crippen molar-refractivity contribution in [3.8, 4) is 0 Å². The molecule has 10 heteroatoms. The van der Waals surface area contributed by atoms with Crippen LogP contribution in [0.1, 0.15) is 41.6 Å². The summed E-state index contributed by atoms with van der Waals surface area (Å²) < 4.78 is 41.8. The van der Waals surface area contributed by atoms with Gasteiger partial charge in [-0.25, -0.2) is 12.8 Å². The predicted octanol–water partition coefficient (Wildman–Crippen LogP) is 3.79. The lowest BCUT2D eigenvalue weighted by atomic mass is 10.0. The van der Waals surface area contributed by atoms with E-state index in [1.165, 1.54) is 34.6 Å². The van der Waals surface area contributed by atoms with Crippen molar-refractivity contribution in [3.63, 3.8) is 0 Å². The van der Waals surface area contributed by atoms with E-state index < -0.39 is 21.7 Å². The molecule has 0 spiro atoms. The molecule has 0 unspecified atom stereocenters. The van der Waals surface area contributed by atoms with Gasteiger partial charge in [0.25, 0.3) is 5.91 Å². The molecule has 2 aromatic rings. The van der Waals surface area contributed by atoms with E-state index >= 15 is 0 Å². The predicted molar refractivity (Wildman–Crippen MR) is 115 cm³/mol. The van der Waals surface area contributed by atoms with E-state index in [4.69, 9.17) is 11.6 Å². The van der Waals surface area contributed by atoms with Gasteiger partial charge in [-0.05, 0) is 55.2 Å². The molecule has 2 heterocycles. The lowest BCUT2D eigenvalue weighted by molar-refractivity contribution is -0.116. The summed E-state index contributed by atoms with van der Waals surface area (Å²) in [5.41, 5.74) is 1.01. The van der Waals surface area contributed by atoms with Crippen LogP contribution in [0.2, 0.25) is 5.02 Å². The van der Waals surface area contributed by atoms with Gasteiger partial charge in [-0.1, -0.05) is 18.0 Å². The number of amides is 2. The number of hydrogen-bond donors (Lipinski definition) is 2. The molecule has 31 heavy (non-hydrogen) atoms. The Kier molecular flexibility index (Phi) is 6.00. The fourth-order valence-corrected chi connectivity index (χ4v) is 5.79. The first kappa shape index (κ1) is 21.7. The third-order valence-electron chi connectivity index (χ3n) is 5.46. The first-order valence-corrected chi connectivity index (χ1v) is 11.8. The van der Waals surface area contributed by atoms with E-state index in [2.05, 4.69) is 10.6 Å².